The number of imide groups is 2. The van der Waals surface area contributed by atoms with Crippen LogP contribution in [0.2, 0.25) is 10.0 Å². The summed E-state index contributed by atoms with van der Waals surface area (Å²) in [7, 11) is 4.35. The van der Waals surface area contributed by atoms with Crippen molar-refractivity contribution in [1.82, 2.24) is 5.01 Å². The number of benzene rings is 4. The van der Waals surface area contributed by atoms with Gasteiger partial charge in [0.05, 0.1) is 60.9 Å². The fraction of sp³-hybridized carbons (Fsp3) is 0.268. The second-order valence-corrected chi connectivity index (χ2v) is 16.1. The molecule has 14 heteroatoms. The normalized spacial score (nSPS) is 25.6. The molecular weight excluding hydrogens is 860 g/mol. The first-order chi connectivity index (χ1) is 26.4. The molecule has 4 amide bonds. The summed E-state index contributed by atoms with van der Waals surface area (Å²) in [5.74, 6) is -5.35. The number of nitrogens with one attached hydrogen (secondary N) is 1. The van der Waals surface area contributed by atoms with Crippen LogP contribution in [0.25, 0.3) is 0 Å². The van der Waals surface area contributed by atoms with Crippen LogP contribution in [0.3, 0.4) is 0 Å². The minimum Gasteiger partial charge on any atom is -0.502 e. The van der Waals surface area contributed by atoms with Gasteiger partial charge in [0.15, 0.2) is 11.5 Å². The molecule has 8 rings (SSSR count). The fourth-order valence-corrected chi connectivity index (χ4v) is 9.95. The Kier molecular flexibility index (Phi) is 9.49. The average Bonchev–Trinajstić information content (AvgIpc) is 3.57. The summed E-state index contributed by atoms with van der Waals surface area (Å²) in [6.07, 6.45) is 2.27. The van der Waals surface area contributed by atoms with Gasteiger partial charge >= 0.3 is 0 Å². The number of nitrogens with zero attached hydrogens (tertiary/aromatic N) is 2. The number of ether oxygens (including phenoxy) is 3. The molecule has 0 bridgehead atoms. The van der Waals surface area contributed by atoms with Gasteiger partial charge in [0, 0.05) is 14.5 Å². The topological polar surface area (TPSA) is 135 Å². The van der Waals surface area contributed by atoms with Crippen LogP contribution in [0.5, 0.6) is 23.0 Å². The molecule has 0 unspecified atom stereocenters. The summed E-state index contributed by atoms with van der Waals surface area (Å²) in [6, 6.07) is 22.1. The second kappa shape index (κ2) is 14.1. The fourth-order valence-electron chi connectivity index (χ4n) is 9.14. The maximum absolute atomic E-state index is 15.5. The minimum absolute atomic E-state index is 0.0819. The quantitative estimate of drug-likeness (QED) is 0.105. The number of carbonyl (C=O) groups is 4. The van der Waals surface area contributed by atoms with Crippen molar-refractivity contribution in [3.63, 3.8) is 0 Å². The van der Waals surface area contributed by atoms with E-state index in [-0.39, 0.29) is 52.6 Å². The van der Waals surface area contributed by atoms with Crippen LogP contribution in [-0.4, -0.2) is 55.1 Å². The van der Waals surface area contributed by atoms with Crippen molar-refractivity contribution >= 4 is 80.8 Å². The van der Waals surface area contributed by atoms with Crippen molar-refractivity contribution in [1.29, 1.82) is 0 Å². The number of hydrazine groups is 1. The van der Waals surface area contributed by atoms with E-state index in [9.17, 15) is 14.7 Å². The highest BCUT2D eigenvalue weighted by atomic mass is 127. The number of allylic oxidation sites excluding steroid dienone is 2. The zero-order valence-corrected chi connectivity index (χ0v) is 33.4. The van der Waals surface area contributed by atoms with E-state index in [2.05, 4.69) is 28.0 Å². The van der Waals surface area contributed by atoms with Gasteiger partial charge in [-0.2, -0.15) is 5.01 Å². The van der Waals surface area contributed by atoms with Crippen molar-refractivity contribution < 1.29 is 38.5 Å². The molecule has 282 valence electrons. The van der Waals surface area contributed by atoms with E-state index in [0.717, 1.165) is 14.2 Å². The molecule has 3 fully saturated rings. The number of rotatable bonds is 8. The van der Waals surface area contributed by atoms with Crippen LogP contribution in [0.4, 0.5) is 11.4 Å². The molecule has 4 aromatic carbocycles. The number of amides is 4. The predicted molar refractivity (Wildman–Crippen MR) is 213 cm³/mol. The number of methoxy groups -OCH3 is 3. The lowest BCUT2D eigenvalue weighted by atomic mass is 9.49. The highest BCUT2D eigenvalue weighted by Crippen LogP contribution is 2.65. The number of halogens is 3. The molecule has 1 saturated carbocycles. The first-order valence-electron chi connectivity index (χ1n) is 17.5. The summed E-state index contributed by atoms with van der Waals surface area (Å²) in [5.41, 5.74) is 3.88. The van der Waals surface area contributed by atoms with E-state index in [4.69, 9.17) is 37.4 Å². The maximum atomic E-state index is 15.5. The van der Waals surface area contributed by atoms with Crippen LogP contribution >= 0.6 is 45.8 Å². The number of fused-ring (bicyclic) bond motifs is 4. The lowest BCUT2D eigenvalue weighted by Crippen LogP contribution is -2.53. The smallest absolute Gasteiger partial charge is 0.260 e. The van der Waals surface area contributed by atoms with Gasteiger partial charge in [0.1, 0.15) is 5.75 Å². The second-order valence-electron chi connectivity index (χ2n) is 14.0. The van der Waals surface area contributed by atoms with Gasteiger partial charge in [0.25, 0.3) is 11.8 Å². The van der Waals surface area contributed by atoms with E-state index in [1.54, 1.807) is 60.7 Å². The first-order valence-corrected chi connectivity index (χ1v) is 19.3. The SMILES string of the molecule is COc1ccc([C@@]23C(=O)N(Nc4ccc(Cl)cc4Cl)C(=O)[C@@H]2C[C@@H]2C(=CC[C@@H]4C(=O)N(c5ccc(I)cc5)C(=O)[C@@H]42)[C@@H]3c2cc(OC)c(O)c(OC)c2)cc1. The van der Waals surface area contributed by atoms with Crippen molar-refractivity contribution in [2.45, 2.75) is 24.2 Å². The van der Waals surface area contributed by atoms with Gasteiger partial charge in [-0.1, -0.05) is 47.0 Å². The lowest BCUT2D eigenvalue weighted by molar-refractivity contribution is -0.138. The Morgan fingerprint density at radius 3 is 2.11 bits per heavy atom. The lowest BCUT2D eigenvalue weighted by Gasteiger charge is -2.50. The van der Waals surface area contributed by atoms with E-state index in [1.165, 1.54) is 32.3 Å². The zero-order chi connectivity index (χ0) is 38.9. The standard InChI is InChI=1S/C41H34Cl2IN3O8/c1-53-25-11-4-21(5-12-25)41-29(38(50)47(40(41)52)45-31-15-6-22(42)18-30(31)43)19-28-26(35(41)20-16-32(54-2)36(48)33(17-20)55-3)13-14-27-34(28)39(51)46(37(27)49)24-9-7-23(44)8-10-24/h4-13,15-18,27-29,34-35,45,48H,14,19H2,1-3H3/t27-,28+,29-,34-,35-,41+/m0/s1. The molecule has 0 aromatic heterocycles. The van der Waals surface area contributed by atoms with E-state index >= 15 is 9.59 Å². The Morgan fingerprint density at radius 1 is 0.818 bits per heavy atom. The number of hydrogen-bond donors (Lipinski definition) is 2. The molecule has 55 heavy (non-hydrogen) atoms. The Hall–Kier alpha value is -4.79. The molecule has 0 radical (unpaired) electrons. The highest BCUT2D eigenvalue weighted by Gasteiger charge is 2.70. The van der Waals surface area contributed by atoms with Gasteiger partial charge in [-0.15, -0.1) is 0 Å². The van der Waals surface area contributed by atoms with Crippen LogP contribution in [0, 0.1) is 27.2 Å². The minimum atomic E-state index is -1.61. The van der Waals surface area contributed by atoms with Crippen LogP contribution < -0.4 is 24.5 Å². The molecule has 2 saturated heterocycles. The monoisotopic (exact) mass is 893 g/mol. The van der Waals surface area contributed by atoms with Crippen LogP contribution in [0.15, 0.2) is 90.5 Å². The largest absolute Gasteiger partial charge is 0.502 e. The summed E-state index contributed by atoms with van der Waals surface area (Å²) in [5, 5.41) is 12.6. The molecule has 2 N–H and O–H groups in total. The van der Waals surface area contributed by atoms with Crippen molar-refractivity contribution in [3.8, 4) is 23.0 Å². The number of carbonyl (C=O) groups excluding carboxylic acids is 4. The van der Waals surface area contributed by atoms with Crippen LogP contribution in [-0.2, 0) is 24.6 Å². The first kappa shape index (κ1) is 37.1. The third kappa shape index (κ3) is 5.66. The van der Waals surface area contributed by atoms with E-state index in [1.807, 2.05) is 18.2 Å². The van der Waals surface area contributed by atoms with E-state index in [0.29, 0.717) is 27.6 Å². The van der Waals surface area contributed by atoms with Gasteiger partial charge in [-0.3, -0.25) is 29.5 Å². The molecule has 4 aromatic rings. The van der Waals surface area contributed by atoms with Gasteiger partial charge in [-0.25, -0.2) is 0 Å². The van der Waals surface area contributed by atoms with Crippen molar-refractivity contribution in [2.24, 2.45) is 23.7 Å². The Morgan fingerprint density at radius 2 is 1.49 bits per heavy atom. The maximum Gasteiger partial charge on any atom is 0.260 e. The third-order valence-electron chi connectivity index (χ3n) is 11.5. The summed E-state index contributed by atoms with van der Waals surface area (Å²) in [6.45, 7) is 0. The molecule has 6 atom stereocenters. The number of phenolic OH excluding ortho intramolecular Hbond substituents is 1. The average molecular weight is 895 g/mol. The Balaban J connectivity index is 1.36. The van der Waals surface area contributed by atoms with E-state index < -0.39 is 46.8 Å². The molecular formula is C41H34Cl2IN3O8. The number of hydrogen-bond acceptors (Lipinski definition) is 9. The van der Waals surface area contributed by atoms with Gasteiger partial charge in [0.2, 0.25) is 17.6 Å². The Bertz CT molecular complexity index is 2280. The zero-order valence-electron chi connectivity index (χ0n) is 29.7. The molecule has 11 nitrogen and oxygen atoms in total. The molecule has 2 aliphatic carbocycles. The summed E-state index contributed by atoms with van der Waals surface area (Å²) >= 11 is 14.9. The van der Waals surface area contributed by atoms with Gasteiger partial charge < -0.3 is 19.3 Å². The van der Waals surface area contributed by atoms with Gasteiger partial charge in [-0.05, 0) is 119 Å². The van der Waals surface area contributed by atoms with Crippen molar-refractivity contribution in [3.05, 3.63) is 115 Å². The number of phenols is 1. The molecule has 0 spiro atoms. The summed E-state index contributed by atoms with van der Waals surface area (Å²) < 4.78 is 17.6. The third-order valence-corrected chi connectivity index (χ3v) is 12.8. The summed E-state index contributed by atoms with van der Waals surface area (Å²) in [4.78, 5) is 60.5. The predicted octanol–water partition coefficient (Wildman–Crippen LogP) is 7.52. The van der Waals surface area contributed by atoms with Crippen molar-refractivity contribution in [2.75, 3.05) is 31.7 Å². The molecule has 4 aliphatic rings. The Labute approximate surface area is 340 Å². The highest BCUT2D eigenvalue weighted by molar-refractivity contribution is 14.1. The van der Waals surface area contributed by atoms with Crippen LogP contribution in [0.1, 0.15) is 29.9 Å². The number of anilines is 2. The molecule has 2 heterocycles. The molecule has 2 aliphatic heterocycles. The number of aromatic hydroxyl groups is 1.